The van der Waals surface area contributed by atoms with E-state index in [9.17, 15) is 13.2 Å². The Labute approximate surface area is 176 Å². The first-order chi connectivity index (χ1) is 14.5. The van der Waals surface area contributed by atoms with Gasteiger partial charge >= 0.3 is 0 Å². The highest BCUT2D eigenvalue weighted by molar-refractivity contribution is 7.89. The first-order valence-corrected chi connectivity index (χ1v) is 11.2. The molecule has 0 radical (unpaired) electrons. The fourth-order valence-electron chi connectivity index (χ4n) is 3.14. The summed E-state index contributed by atoms with van der Waals surface area (Å²) in [6.45, 7) is 4.27. The maximum atomic E-state index is 12.8. The Balaban J connectivity index is 1.60. The molecule has 1 aromatic carbocycles. The van der Waals surface area contributed by atoms with Crippen LogP contribution < -0.4 is 14.8 Å². The van der Waals surface area contributed by atoms with E-state index in [1.807, 2.05) is 0 Å². The maximum Gasteiger partial charge on any atom is 0.241 e. The minimum Gasteiger partial charge on any atom is -0.497 e. The topological polar surface area (TPSA) is 110 Å². The molecule has 1 aromatic heterocycles. The Kier molecular flexibility index (Phi) is 7.86. The molecule has 3 rings (SSSR count). The summed E-state index contributed by atoms with van der Waals surface area (Å²) in [6.07, 6.45) is 1.37. The maximum absolute atomic E-state index is 12.8. The third-order valence-corrected chi connectivity index (χ3v) is 6.28. The van der Waals surface area contributed by atoms with Crippen LogP contribution in [0.3, 0.4) is 0 Å². The molecule has 9 nitrogen and oxygen atoms in total. The van der Waals surface area contributed by atoms with Crippen LogP contribution in [0.25, 0.3) is 0 Å². The summed E-state index contributed by atoms with van der Waals surface area (Å²) < 4.78 is 43.9. The van der Waals surface area contributed by atoms with Gasteiger partial charge in [-0.2, -0.15) is 4.72 Å². The molecule has 1 amide bonds. The number of carbonyl (C=O) groups is 1. The lowest BCUT2D eigenvalue weighted by molar-refractivity contribution is -0.121. The Morgan fingerprint density at radius 1 is 1.20 bits per heavy atom. The summed E-state index contributed by atoms with van der Waals surface area (Å²) in [5, 5.41) is 2.85. The van der Waals surface area contributed by atoms with E-state index in [0.29, 0.717) is 31.3 Å². The highest BCUT2D eigenvalue weighted by Gasteiger charge is 2.25. The van der Waals surface area contributed by atoms with E-state index in [0.717, 1.165) is 19.6 Å². The number of benzene rings is 1. The average molecular weight is 438 g/mol. The first kappa shape index (κ1) is 22.3. The average Bonchev–Trinajstić information content (AvgIpc) is 3.29. The molecule has 1 aliphatic heterocycles. The van der Waals surface area contributed by atoms with Gasteiger partial charge in [0.05, 0.1) is 43.9 Å². The number of sulfonamides is 1. The zero-order valence-electron chi connectivity index (χ0n) is 16.9. The highest BCUT2D eigenvalue weighted by Crippen LogP contribution is 2.22. The number of methoxy groups -OCH3 is 1. The Morgan fingerprint density at radius 2 is 1.93 bits per heavy atom. The van der Waals surface area contributed by atoms with Crippen molar-refractivity contribution in [3.05, 3.63) is 48.4 Å². The minimum atomic E-state index is -3.86. The van der Waals surface area contributed by atoms with Crippen molar-refractivity contribution in [1.82, 2.24) is 14.9 Å². The van der Waals surface area contributed by atoms with Crippen LogP contribution >= 0.6 is 0 Å². The van der Waals surface area contributed by atoms with Gasteiger partial charge in [-0.05, 0) is 36.4 Å². The molecule has 1 aliphatic rings. The molecule has 0 aliphatic carbocycles. The Bertz CT molecular complexity index is 893. The number of furan rings is 1. The highest BCUT2D eigenvalue weighted by atomic mass is 32.2. The van der Waals surface area contributed by atoms with Gasteiger partial charge in [0.1, 0.15) is 11.5 Å². The number of rotatable bonds is 10. The Hall–Kier alpha value is -2.40. The van der Waals surface area contributed by atoms with Crippen molar-refractivity contribution in [2.24, 2.45) is 0 Å². The molecule has 1 fully saturated rings. The van der Waals surface area contributed by atoms with Crippen molar-refractivity contribution in [3.63, 3.8) is 0 Å². The van der Waals surface area contributed by atoms with Crippen LogP contribution in [0.2, 0.25) is 0 Å². The summed E-state index contributed by atoms with van der Waals surface area (Å²) in [6, 6.07) is 8.49. The number of morpholine rings is 1. The van der Waals surface area contributed by atoms with Crippen molar-refractivity contribution in [3.8, 4) is 5.75 Å². The lowest BCUT2D eigenvalue weighted by atomic mass is 10.1. The third-order valence-electron chi connectivity index (χ3n) is 4.80. The monoisotopic (exact) mass is 437 g/mol. The van der Waals surface area contributed by atoms with Gasteiger partial charge in [0, 0.05) is 26.2 Å². The van der Waals surface area contributed by atoms with Crippen LogP contribution in [0, 0.1) is 0 Å². The summed E-state index contributed by atoms with van der Waals surface area (Å²) in [5.74, 6) is 0.661. The zero-order valence-corrected chi connectivity index (χ0v) is 17.7. The predicted molar refractivity (Wildman–Crippen MR) is 110 cm³/mol. The van der Waals surface area contributed by atoms with Crippen molar-refractivity contribution < 1.29 is 27.1 Å². The molecule has 1 unspecified atom stereocenters. The SMILES string of the molecule is COc1ccc(S(=O)(=O)NC(CC(=O)NCCN2CCOCC2)c2ccco2)cc1. The van der Waals surface area contributed by atoms with Crippen molar-refractivity contribution in [1.29, 1.82) is 0 Å². The molecule has 2 aromatic rings. The molecule has 0 bridgehead atoms. The van der Waals surface area contributed by atoms with Crippen LogP contribution in [0.5, 0.6) is 5.75 Å². The van der Waals surface area contributed by atoms with Crippen LogP contribution in [0.4, 0.5) is 0 Å². The van der Waals surface area contributed by atoms with Gasteiger partial charge in [-0.25, -0.2) is 8.42 Å². The molecule has 164 valence electrons. The zero-order chi connectivity index (χ0) is 21.4. The molecule has 0 saturated carbocycles. The van der Waals surface area contributed by atoms with Gasteiger partial charge in [-0.3, -0.25) is 9.69 Å². The molecule has 2 heterocycles. The molecule has 1 atom stereocenters. The number of nitrogens with one attached hydrogen (secondary N) is 2. The second kappa shape index (κ2) is 10.6. The van der Waals surface area contributed by atoms with Crippen LogP contribution in [0.15, 0.2) is 52.0 Å². The van der Waals surface area contributed by atoms with Gasteiger partial charge in [0.15, 0.2) is 0 Å². The van der Waals surface area contributed by atoms with Crippen molar-refractivity contribution >= 4 is 15.9 Å². The number of hydrogen-bond acceptors (Lipinski definition) is 7. The number of amides is 1. The largest absolute Gasteiger partial charge is 0.497 e. The van der Waals surface area contributed by atoms with Gasteiger partial charge in [0.25, 0.3) is 0 Å². The van der Waals surface area contributed by atoms with Gasteiger partial charge in [0.2, 0.25) is 15.9 Å². The summed E-state index contributed by atoms with van der Waals surface area (Å²) >= 11 is 0. The molecule has 1 saturated heterocycles. The van der Waals surface area contributed by atoms with Gasteiger partial charge in [-0.15, -0.1) is 0 Å². The summed E-state index contributed by atoms with van der Waals surface area (Å²) in [4.78, 5) is 14.7. The summed E-state index contributed by atoms with van der Waals surface area (Å²) in [7, 11) is -2.36. The fourth-order valence-corrected chi connectivity index (χ4v) is 4.34. The predicted octanol–water partition coefficient (Wildman–Crippen LogP) is 1.15. The number of carbonyl (C=O) groups excluding carboxylic acids is 1. The minimum absolute atomic E-state index is 0.0765. The second-order valence-electron chi connectivity index (χ2n) is 6.87. The van der Waals surface area contributed by atoms with Crippen LogP contribution in [-0.4, -0.2) is 65.7 Å². The van der Waals surface area contributed by atoms with Gasteiger partial charge in [-0.1, -0.05) is 0 Å². The van der Waals surface area contributed by atoms with E-state index >= 15 is 0 Å². The molecular formula is C20H27N3O6S. The van der Waals surface area contributed by atoms with E-state index in [4.69, 9.17) is 13.9 Å². The molecular weight excluding hydrogens is 410 g/mol. The van der Waals surface area contributed by atoms with Crippen LogP contribution in [-0.2, 0) is 19.6 Å². The molecule has 2 N–H and O–H groups in total. The molecule has 0 spiro atoms. The quantitative estimate of drug-likeness (QED) is 0.574. The van der Waals surface area contributed by atoms with Gasteiger partial charge < -0.3 is 19.2 Å². The third kappa shape index (κ3) is 6.30. The molecule has 30 heavy (non-hydrogen) atoms. The van der Waals surface area contributed by atoms with E-state index in [1.165, 1.54) is 25.5 Å². The second-order valence-corrected chi connectivity index (χ2v) is 8.59. The standard InChI is InChI=1S/C20H27N3O6S/c1-27-16-4-6-17(7-5-16)30(25,26)22-18(19-3-2-12-29-19)15-20(24)21-8-9-23-10-13-28-14-11-23/h2-7,12,18,22H,8-11,13-15H2,1H3,(H,21,24). The lowest BCUT2D eigenvalue weighted by Crippen LogP contribution is -2.42. The van der Waals surface area contributed by atoms with Crippen molar-refractivity contribution in [2.75, 3.05) is 46.5 Å². The number of nitrogens with zero attached hydrogens (tertiary/aromatic N) is 1. The van der Waals surface area contributed by atoms with Crippen LogP contribution in [0.1, 0.15) is 18.2 Å². The van der Waals surface area contributed by atoms with E-state index in [2.05, 4.69) is 14.9 Å². The van der Waals surface area contributed by atoms with E-state index in [-0.39, 0.29) is 17.2 Å². The van der Waals surface area contributed by atoms with Crippen molar-refractivity contribution in [2.45, 2.75) is 17.4 Å². The number of ether oxygens (including phenoxy) is 2. The van der Waals surface area contributed by atoms with E-state index < -0.39 is 16.1 Å². The number of hydrogen-bond donors (Lipinski definition) is 2. The molecule has 10 heteroatoms. The fraction of sp³-hybridized carbons (Fsp3) is 0.450. The Morgan fingerprint density at radius 3 is 2.57 bits per heavy atom. The normalized spacial score (nSPS) is 16.2. The smallest absolute Gasteiger partial charge is 0.241 e. The first-order valence-electron chi connectivity index (χ1n) is 9.74. The van der Waals surface area contributed by atoms with E-state index in [1.54, 1.807) is 24.3 Å². The summed E-state index contributed by atoms with van der Waals surface area (Å²) in [5.41, 5.74) is 0. The lowest BCUT2D eigenvalue weighted by Gasteiger charge is -2.26.